The van der Waals surface area contributed by atoms with Crippen molar-refractivity contribution in [1.82, 2.24) is 5.43 Å². The Balaban J connectivity index is 1.34. The fourth-order valence-electron chi connectivity index (χ4n) is 2.98. The summed E-state index contributed by atoms with van der Waals surface area (Å²) < 4.78 is 19.4. The summed E-state index contributed by atoms with van der Waals surface area (Å²) in [6, 6.07) is 27.4. The molecule has 0 aliphatic rings. The molecule has 0 unspecified atom stereocenters. The number of benzene rings is 4. The molecule has 0 aliphatic carbocycles. The van der Waals surface area contributed by atoms with Gasteiger partial charge in [-0.3, -0.25) is 4.79 Å². The summed E-state index contributed by atoms with van der Waals surface area (Å²) in [7, 11) is 0. The molecule has 0 radical (unpaired) electrons. The SMILES string of the molecule is O=C(N/N=C\c1ccccc1F)c1ccc(COc2ccc3ccccc3c2)cc1. The van der Waals surface area contributed by atoms with Gasteiger partial charge < -0.3 is 4.74 Å². The topological polar surface area (TPSA) is 50.7 Å². The molecule has 0 fully saturated rings. The number of nitrogens with one attached hydrogen (secondary N) is 1. The summed E-state index contributed by atoms with van der Waals surface area (Å²) in [6.45, 7) is 0.395. The number of nitrogens with zero attached hydrogens (tertiary/aromatic N) is 1. The summed E-state index contributed by atoms with van der Waals surface area (Å²) in [5, 5.41) is 6.10. The van der Waals surface area contributed by atoms with Crippen LogP contribution in [0.1, 0.15) is 21.5 Å². The Labute approximate surface area is 173 Å². The van der Waals surface area contributed by atoms with Gasteiger partial charge in [-0.1, -0.05) is 60.7 Å². The third kappa shape index (κ3) is 4.70. The second kappa shape index (κ2) is 9.01. The Morgan fingerprint density at radius 3 is 2.43 bits per heavy atom. The van der Waals surface area contributed by atoms with Gasteiger partial charge in [-0.25, -0.2) is 9.82 Å². The van der Waals surface area contributed by atoms with Crippen LogP contribution in [0.25, 0.3) is 10.8 Å². The number of halogens is 1. The van der Waals surface area contributed by atoms with Gasteiger partial charge in [0.15, 0.2) is 0 Å². The van der Waals surface area contributed by atoms with Gasteiger partial charge in [0.05, 0.1) is 6.21 Å². The lowest BCUT2D eigenvalue weighted by molar-refractivity contribution is 0.0955. The van der Waals surface area contributed by atoms with Crippen LogP contribution in [0, 0.1) is 5.82 Å². The smallest absolute Gasteiger partial charge is 0.271 e. The monoisotopic (exact) mass is 398 g/mol. The van der Waals surface area contributed by atoms with E-state index in [-0.39, 0.29) is 5.91 Å². The molecule has 0 bridgehead atoms. The number of fused-ring (bicyclic) bond motifs is 1. The molecule has 0 spiro atoms. The molecule has 0 saturated heterocycles. The summed E-state index contributed by atoms with van der Waals surface area (Å²) in [5.74, 6) is 0.0221. The highest BCUT2D eigenvalue weighted by Crippen LogP contribution is 2.21. The van der Waals surface area contributed by atoms with E-state index in [4.69, 9.17) is 4.74 Å². The van der Waals surface area contributed by atoms with Crippen molar-refractivity contribution in [2.75, 3.05) is 0 Å². The molecule has 1 N–H and O–H groups in total. The molecule has 1 amide bonds. The quantitative estimate of drug-likeness (QED) is 0.353. The molecule has 4 aromatic rings. The maximum Gasteiger partial charge on any atom is 0.271 e. The Morgan fingerprint density at radius 2 is 1.63 bits per heavy atom. The van der Waals surface area contributed by atoms with Gasteiger partial charge in [0.25, 0.3) is 5.91 Å². The number of hydrogen-bond donors (Lipinski definition) is 1. The molecule has 0 aromatic heterocycles. The van der Waals surface area contributed by atoms with Crippen LogP contribution in [-0.4, -0.2) is 12.1 Å². The van der Waals surface area contributed by atoms with Crippen molar-refractivity contribution < 1.29 is 13.9 Å². The van der Waals surface area contributed by atoms with E-state index in [0.29, 0.717) is 17.7 Å². The van der Waals surface area contributed by atoms with Gasteiger partial charge in [0, 0.05) is 11.1 Å². The zero-order valence-electron chi connectivity index (χ0n) is 16.1. The van der Waals surface area contributed by atoms with E-state index in [0.717, 1.165) is 22.1 Å². The van der Waals surface area contributed by atoms with E-state index in [9.17, 15) is 9.18 Å². The standard InChI is InChI=1S/C25H19FN2O2/c26-24-8-4-3-7-22(24)16-27-28-25(29)20-11-9-18(10-12-20)17-30-23-14-13-19-5-1-2-6-21(19)15-23/h1-16H,17H2,(H,28,29)/b27-16-. The minimum Gasteiger partial charge on any atom is -0.489 e. The molecule has 0 aliphatic heterocycles. The van der Waals surface area contributed by atoms with Crippen LogP contribution in [0.5, 0.6) is 5.75 Å². The average Bonchev–Trinajstić information content (AvgIpc) is 2.79. The molecule has 4 rings (SSSR count). The largest absolute Gasteiger partial charge is 0.489 e. The van der Waals surface area contributed by atoms with Gasteiger partial charge >= 0.3 is 0 Å². The second-order valence-corrected chi connectivity index (χ2v) is 6.72. The third-order valence-electron chi connectivity index (χ3n) is 4.62. The van der Waals surface area contributed by atoms with Crippen LogP contribution in [0.3, 0.4) is 0 Å². The molecule has 30 heavy (non-hydrogen) atoms. The molecule has 5 heteroatoms. The first kappa shape index (κ1) is 19.3. The predicted molar refractivity (Wildman–Crippen MR) is 116 cm³/mol. The number of amides is 1. The van der Waals surface area contributed by atoms with Gasteiger partial charge in [-0.15, -0.1) is 0 Å². The predicted octanol–water partition coefficient (Wildman–Crippen LogP) is 5.32. The number of hydrazone groups is 1. The molecule has 0 saturated carbocycles. The number of rotatable bonds is 6. The Morgan fingerprint density at radius 1 is 0.900 bits per heavy atom. The second-order valence-electron chi connectivity index (χ2n) is 6.72. The van der Waals surface area contributed by atoms with Gasteiger partial charge in [-0.05, 0) is 46.7 Å². The van der Waals surface area contributed by atoms with Crippen molar-refractivity contribution in [1.29, 1.82) is 0 Å². The van der Waals surface area contributed by atoms with Crippen LogP contribution in [-0.2, 0) is 6.61 Å². The van der Waals surface area contributed by atoms with Crippen molar-refractivity contribution in [2.45, 2.75) is 6.61 Å². The maximum absolute atomic E-state index is 13.5. The first-order valence-electron chi connectivity index (χ1n) is 9.47. The normalized spacial score (nSPS) is 11.0. The summed E-state index contributed by atoms with van der Waals surface area (Å²) >= 11 is 0. The molecule has 4 aromatic carbocycles. The molecule has 0 heterocycles. The Bertz CT molecular complexity index is 1200. The number of carbonyl (C=O) groups excluding carboxylic acids is 1. The molecule has 148 valence electrons. The van der Waals surface area contributed by atoms with Crippen molar-refractivity contribution in [2.24, 2.45) is 5.10 Å². The lowest BCUT2D eigenvalue weighted by Gasteiger charge is -2.08. The van der Waals surface area contributed by atoms with E-state index in [2.05, 4.69) is 16.6 Å². The van der Waals surface area contributed by atoms with Crippen LogP contribution in [0.2, 0.25) is 0 Å². The summed E-state index contributed by atoms with van der Waals surface area (Å²) in [4.78, 5) is 12.2. The third-order valence-corrected chi connectivity index (χ3v) is 4.62. The average molecular weight is 398 g/mol. The van der Waals surface area contributed by atoms with Crippen LogP contribution >= 0.6 is 0 Å². The van der Waals surface area contributed by atoms with E-state index < -0.39 is 5.82 Å². The fourth-order valence-corrected chi connectivity index (χ4v) is 2.98. The van der Waals surface area contributed by atoms with E-state index >= 15 is 0 Å². The van der Waals surface area contributed by atoms with Gasteiger partial charge in [0.2, 0.25) is 0 Å². The highest BCUT2D eigenvalue weighted by molar-refractivity contribution is 5.94. The maximum atomic E-state index is 13.5. The van der Waals surface area contributed by atoms with Gasteiger partial charge in [0.1, 0.15) is 18.2 Å². The number of ether oxygens (including phenoxy) is 1. The zero-order chi connectivity index (χ0) is 20.8. The van der Waals surface area contributed by atoms with Crippen molar-refractivity contribution in [3.05, 3.63) is 114 Å². The first-order chi connectivity index (χ1) is 14.7. The van der Waals surface area contributed by atoms with Crippen LogP contribution in [0.15, 0.2) is 96.1 Å². The molecular formula is C25H19FN2O2. The number of carbonyl (C=O) groups is 1. The highest BCUT2D eigenvalue weighted by Gasteiger charge is 2.05. The lowest BCUT2D eigenvalue weighted by Crippen LogP contribution is -2.17. The molecule has 0 atom stereocenters. The first-order valence-corrected chi connectivity index (χ1v) is 9.47. The summed E-state index contributed by atoms with van der Waals surface area (Å²) in [5.41, 5.74) is 4.10. The Kier molecular flexibility index (Phi) is 5.80. The van der Waals surface area contributed by atoms with E-state index in [1.165, 1.54) is 12.3 Å². The highest BCUT2D eigenvalue weighted by atomic mass is 19.1. The fraction of sp³-hybridized carbons (Fsp3) is 0.0400. The molecular weight excluding hydrogens is 379 g/mol. The minimum absolute atomic E-state index is 0.305. The number of hydrogen-bond acceptors (Lipinski definition) is 3. The minimum atomic E-state index is -0.397. The Hall–Kier alpha value is -3.99. The van der Waals surface area contributed by atoms with Crippen molar-refractivity contribution >= 4 is 22.9 Å². The lowest BCUT2D eigenvalue weighted by atomic mass is 10.1. The van der Waals surface area contributed by atoms with Crippen LogP contribution < -0.4 is 10.2 Å². The van der Waals surface area contributed by atoms with E-state index in [1.807, 2.05) is 48.5 Å². The van der Waals surface area contributed by atoms with Crippen molar-refractivity contribution in [3.63, 3.8) is 0 Å². The van der Waals surface area contributed by atoms with Crippen molar-refractivity contribution in [3.8, 4) is 5.75 Å². The van der Waals surface area contributed by atoms with Crippen LogP contribution in [0.4, 0.5) is 4.39 Å². The van der Waals surface area contributed by atoms with E-state index in [1.54, 1.807) is 30.3 Å². The summed E-state index contributed by atoms with van der Waals surface area (Å²) in [6.07, 6.45) is 1.28. The van der Waals surface area contributed by atoms with Gasteiger partial charge in [-0.2, -0.15) is 5.10 Å². The zero-order valence-corrected chi connectivity index (χ0v) is 16.1. The molecule has 4 nitrogen and oxygen atoms in total.